The molecule has 3 aliphatic heterocycles. The second-order valence-corrected chi connectivity index (χ2v) is 24.3. The molecule has 0 unspecified atom stereocenters. The maximum absolute atomic E-state index is 13.7. The monoisotopic (exact) mass is 819 g/mol. The molecule has 3 rings (SSSR count). The molecule has 11 atom stereocenters. The van der Waals surface area contributed by atoms with Crippen molar-refractivity contribution in [1.29, 1.82) is 0 Å². The molecule has 3 aliphatic rings. The quantitative estimate of drug-likeness (QED) is 0.0481. The molecule has 0 radical (unpaired) electrons. The Morgan fingerprint density at radius 1 is 0.930 bits per heavy atom. The molecule has 3 N–H and O–H groups in total. The van der Waals surface area contributed by atoms with E-state index in [9.17, 15) is 19.5 Å². The molecule has 0 aliphatic carbocycles. The number of ether oxygens (including phenoxy) is 3. The Balaban J connectivity index is 1.53. The van der Waals surface area contributed by atoms with E-state index in [2.05, 4.69) is 71.3 Å². The molecule has 0 bridgehead atoms. The summed E-state index contributed by atoms with van der Waals surface area (Å²) < 4.78 is 26.6. The van der Waals surface area contributed by atoms with Gasteiger partial charge in [-0.2, -0.15) is 0 Å². The van der Waals surface area contributed by atoms with Gasteiger partial charge in [-0.1, -0.05) is 60.6 Å². The molecule has 3 heterocycles. The van der Waals surface area contributed by atoms with Crippen LogP contribution in [0.3, 0.4) is 0 Å². The van der Waals surface area contributed by atoms with Gasteiger partial charge >= 0.3 is 0 Å². The molecule has 3 saturated heterocycles. The van der Waals surface area contributed by atoms with Crippen molar-refractivity contribution in [1.82, 2.24) is 10.6 Å². The van der Waals surface area contributed by atoms with Gasteiger partial charge in [0.25, 0.3) is 0 Å². The van der Waals surface area contributed by atoms with Crippen LogP contribution in [0.4, 0.5) is 0 Å². The van der Waals surface area contributed by atoms with E-state index in [4.69, 9.17) is 18.6 Å². The average molecular weight is 819 g/mol. The minimum Gasteiger partial charge on any atom is -0.411 e. The van der Waals surface area contributed by atoms with Crippen molar-refractivity contribution < 1.29 is 38.1 Å². The first-order chi connectivity index (χ1) is 26.6. The number of hydrogen-bond acceptors (Lipinski definition) is 8. The Bertz CT molecular complexity index is 1340. The van der Waals surface area contributed by atoms with Crippen LogP contribution >= 0.6 is 0 Å². The number of allylic oxidation sites excluding steroid dienone is 3. The summed E-state index contributed by atoms with van der Waals surface area (Å²) >= 11 is 0. The van der Waals surface area contributed by atoms with E-state index in [1.165, 1.54) is 0 Å². The molecule has 1 spiro atoms. The van der Waals surface area contributed by atoms with Crippen LogP contribution in [0.5, 0.6) is 0 Å². The van der Waals surface area contributed by atoms with E-state index in [0.717, 1.165) is 76.2 Å². The van der Waals surface area contributed by atoms with Crippen molar-refractivity contribution in [3.63, 3.8) is 0 Å². The van der Waals surface area contributed by atoms with Crippen LogP contribution in [0, 0.1) is 23.7 Å². The molecule has 0 saturated carbocycles. The highest BCUT2D eigenvalue weighted by Crippen LogP contribution is 2.43. The predicted molar refractivity (Wildman–Crippen MR) is 231 cm³/mol. The number of ketones is 1. The van der Waals surface area contributed by atoms with Crippen LogP contribution in [0.1, 0.15) is 153 Å². The van der Waals surface area contributed by atoms with Gasteiger partial charge in [-0.05, 0) is 126 Å². The number of aliphatic hydroxyl groups is 1. The third kappa shape index (κ3) is 15.9. The zero-order valence-corrected chi connectivity index (χ0v) is 38.9. The Labute approximate surface area is 347 Å². The van der Waals surface area contributed by atoms with Crippen LogP contribution < -0.4 is 10.6 Å². The number of rotatable bonds is 20. The summed E-state index contributed by atoms with van der Waals surface area (Å²) in [6.07, 6.45) is 15.4. The molecule has 0 aromatic carbocycles. The number of carbonyl (C=O) groups is 3. The van der Waals surface area contributed by atoms with E-state index in [-0.39, 0.29) is 65.9 Å². The van der Waals surface area contributed by atoms with Crippen LogP contribution in [0.2, 0.25) is 18.1 Å². The van der Waals surface area contributed by atoms with Crippen LogP contribution in [0.15, 0.2) is 23.8 Å². The predicted octanol–water partition coefficient (Wildman–Crippen LogP) is 8.96. The van der Waals surface area contributed by atoms with Gasteiger partial charge in [0.15, 0.2) is 19.9 Å². The van der Waals surface area contributed by atoms with E-state index >= 15 is 0 Å². The number of carbonyl (C=O) groups excluding carboxylic acids is 3. The lowest BCUT2D eigenvalue weighted by Gasteiger charge is -2.48. The fourth-order valence-corrected chi connectivity index (χ4v) is 9.59. The number of aliphatic hydroxyl groups excluding tert-OH is 1. The van der Waals surface area contributed by atoms with Crippen LogP contribution in [0.25, 0.3) is 0 Å². The first-order valence-corrected chi connectivity index (χ1v) is 25.3. The minimum absolute atomic E-state index is 0.0432. The summed E-state index contributed by atoms with van der Waals surface area (Å²) in [4.78, 5) is 39.2. The van der Waals surface area contributed by atoms with E-state index < -0.39 is 32.2 Å². The van der Waals surface area contributed by atoms with Gasteiger partial charge in [-0.15, -0.1) is 0 Å². The first-order valence-electron chi connectivity index (χ1n) is 22.4. The Morgan fingerprint density at radius 2 is 1.63 bits per heavy atom. The first kappa shape index (κ1) is 49.5. The molecule has 2 amide bonds. The summed E-state index contributed by atoms with van der Waals surface area (Å²) in [6.45, 7) is 25.8. The third-order valence-electron chi connectivity index (χ3n) is 13.4. The topological polar surface area (TPSA) is 132 Å². The number of amides is 2. The second kappa shape index (κ2) is 22.6. The molecule has 3 fully saturated rings. The van der Waals surface area contributed by atoms with Crippen molar-refractivity contribution in [2.24, 2.45) is 23.7 Å². The van der Waals surface area contributed by atoms with Crippen LogP contribution in [-0.2, 0) is 33.0 Å². The maximum atomic E-state index is 13.7. The van der Waals surface area contributed by atoms with E-state index in [0.29, 0.717) is 24.8 Å². The highest BCUT2D eigenvalue weighted by atomic mass is 28.4. The van der Waals surface area contributed by atoms with E-state index in [1.54, 1.807) is 12.2 Å². The standard InChI is InChI=1S/C46H82N2O8Si/c1-13-16-37(50)28-39-22-20-32(3)41(53-39)29-43(51)48-30-42(56-57(11,12)45(8,9)10)35(6)44(52)47-26-15-18-40-33(4)23-25-46(55-40)24-14-17-38(54-46)21-19-31(2)27-34(5)36(7)49/h13,16,27,31-33,35-36,38-42,49H,14-15,17-26,28-30H2,1-12H3,(H,47,52)(H,48,51)/b16-13+,34-27+/t31-,32-,33-,35-,36-,38-,39+,40+,41-,42+,46-/m0/s1. The zero-order valence-electron chi connectivity index (χ0n) is 37.9. The molecule has 11 heteroatoms. The fourth-order valence-electron chi connectivity index (χ4n) is 8.19. The average Bonchev–Trinajstić information content (AvgIpc) is 3.13. The highest BCUT2D eigenvalue weighted by Gasteiger charge is 2.45. The lowest BCUT2D eigenvalue weighted by atomic mass is 9.85. The second-order valence-electron chi connectivity index (χ2n) is 19.5. The minimum atomic E-state index is -2.28. The van der Waals surface area contributed by atoms with Gasteiger partial charge < -0.3 is 34.4 Å². The van der Waals surface area contributed by atoms with Gasteiger partial charge in [0.2, 0.25) is 11.8 Å². The molecule has 10 nitrogen and oxygen atoms in total. The summed E-state index contributed by atoms with van der Waals surface area (Å²) in [6, 6.07) is 0. The normalized spacial score (nSPS) is 29.8. The Kier molecular flexibility index (Phi) is 19.6. The zero-order chi connectivity index (χ0) is 42.6. The molecule has 328 valence electrons. The van der Waals surface area contributed by atoms with Crippen molar-refractivity contribution in [2.45, 2.75) is 213 Å². The number of hydrogen-bond donors (Lipinski definition) is 3. The SMILES string of the molecule is C/C=C/C(=O)C[C@H]1CC[C@H](C)[C@H](CC(=O)NC[C@@H](O[Si](C)(C)C(C)(C)C)[C@H](C)C(=O)NCCC[C@H]2O[C@@]3(CCC[C@@H](CC[C@H](C)/C=C(\C)[C@H](C)O)O3)CC[C@@H]2C)O1. The molecule has 57 heavy (non-hydrogen) atoms. The molecule has 0 aromatic rings. The largest absolute Gasteiger partial charge is 0.411 e. The van der Waals surface area contributed by atoms with Crippen molar-refractivity contribution in [3.8, 4) is 0 Å². The lowest BCUT2D eigenvalue weighted by Crippen LogP contribution is -2.52. The third-order valence-corrected chi connectivity index (χ3v) is 17.9. The summed E-state index contributed by atoms with van der Waals surface area (Å²) in [5, 5.41) is 16.1. The van der Waals surface area contributed by atoms with Gasteiger partial charge in [-0.25, -0.2) is 0 Å². The van der Waals surface area contributed by atoms with Gasteiger partial charge in [0.1, 0.15) is 0 Å². The van der Waals surface area contributed by atoms with Gasteiger partial charge in [-0.3, -0.25) is 14.4 Å². The summed E-state index contributed by atoms with van der Waals surface area (Å²) in [5.41, 5.74) is 1.02. The summed E-state index contributed by atoms with van der Waals surface area (Å²) in [7, 11) is -2.28. The van der Waals surface area contributed by atoms with Gasteiger partial charge in [0.05, 0.1) is 49.0 Å². The van der Waals surface area contributed by atoms with Gasteiger partial charge in [0, 0.05) is 32.4 Å². The van der Waals surface area contributed by atoms with Crippen molar-refractivity contribution >= 4 is 25.9 Å². The molecule has 0 aromatic heterocycles. The fraction of sp³-hybridized carbons (Fsp3) is 0.848. The van der Waals surface area contributed by atoms with E-state index in [1.807, 2.05) is 27.7 Å². The van der Waals surface area contributed by atoms with Crippen molar-refractivity contribution in [3.05, 3.63) is 23.8 Å². The summed E-state index contributed by atoms with van der Waals surface area (Å²) in [5.74, 6) is -0.138. The molecular weight excluding hydrogens is 737 g/mol. The van der Waals surface area contributed by atoms with Crippen molar-refractivity contribution in [2.75, 3.05) is 13.1 Å². The Morgan fingerprint density at radius 3 is 2.30 bits per heavy atom. The maximum Gasteiger partial charge on any atom is 0.225 e. The Hall–Kier alpha value is -1.89. The smallest absolute Gasteiger partial charge is 0.225 e. The molecular formula is C46H82N2O8Si. The highest BCUT2D eigenvalue weighted by molar-refractivity contribution is 6.74. The number of nitrogens with one attached hydrogen (secondary N) is 2. The lowest BCUT2D eigenvalue weighted by molar-refractivity contribution is -0.324. The van der Waals surface area contributed by atoms with Crippen LogP contribution in [-0.4, -0.2) is 86.5 Å².